The van der Waals surface area contributed by atoms with Crippen molar-refractivity contribution < 1.29 is 17.9 Å². The topological polar surface area (TPSA) is 78.8 Å². The summed E-state index contributed by atoms with van der Waals surface area (Å²) < 4.78 is 45.0. The number of aromatic nitrogens is 1. The molecule has 0 bridgehead atoms. The number of hydrogen-bond donors (Lipinski definition) is 0. The van der Waals surface area contributed by atoms with Crippen molar-refractivity contribution in [2.75, 3.05) is 13.2 Å². The van der Waals surface area contributed by atoms with E-state index in [1.54, 1.807) is 12.1 Å². The normalized spacial score (nSPS) is 11.9. The van der Waals surface area contributed by atoms with Crippen LogP contribution in [0.25, 0.3) is 11.6 Å². The van der Waals surface area contributed by atoms with E-state index < -0.39 is 17.3 Å². The maximum Gasteiger partial charge on any atom is 0.416 e. The monoisotopic (exact) mass is 407 g/mol. The van der Waals surface area contributed by atoms with Gasteiger partial charge in [0.25, 0.3) is 5.56 Å². The van der Waals surface area contributed by atoms with E-state index in [4.69, 9.17) is 15.3 Å². The lowest BCUT2D eigenvalue weighted by Crippen LogP contribution is -2.32. The maximum absolute atomic E-state index is 12.7. The lowest BCUT2D eigenvalue weighted by atomic mass is 10.1. The van der Waals surface area contributed by atoms with Gasteiger partial charge in [0, 0.05) is 19.8 Å². The highest BCUT2D eigenvalue weighted by molar-refractivity contribution is 7.07. The number of ether oxygens (including phenoxy) is 1. The number of hydrogen-bond acceptors (Lipinski definition) is 5. The summed E-state index contributed by atoms with van der Waals surface area (Å²) in [6.45, 7) is 3.06. The Bertz CT molecular complexity index is 1070. The van der Waals surface area contributed by atoms with Gasteiger partial charge in [-0.05, 0) is 37.1 Å². The Morgan fingerprint density at radius 1 is 1.25 bits per heavy atom. The molecule has 1 heterocycles. The predicted octanol–water partition coefficient (Wildman–Crippen LogP) is 2.38. The Morgan fingerprint density at radius 2 is 1.89 bits per heavy atom. The van der Waals surface area contributed by atoms with Gasteiger partial charge in [0.05, 0.1) is 10.1 Å². The zero-order valence-electron chi connectivity index (χ0n) is 14.9. The molecule has 0 saturated carbocycles. The van der Waals surface area contributed by atoms with Crippen molar-refractivity contribution >= 4 is 23.0 Å². The Hall–Kier alpha value is -2.88. The Labute approximate surface area is 162 Å². The van der Waals surface area contributed by atoms with Crippen molar-refractivity contribution in [3.05, 3.63) is 54.9 Å². The standard InChI is InChI=1S/C19H16F3N3O2S/c1-2-27-9-3-8-25-17(26)16(28-18(25)14(11-23)12-24)10-13-4-6-15(7-5-13)19(20,21)22/h4-7,10H,2-3,8-9H2,1H3/b16-10+. The lowest BCUT2D eigenvalue weighted by Gasteiger charge is -2.05. The highest BCUT2D eigenvalue weighted by atomic mass is 32.1. The van der Waals surface area contributed by atoms with Gasteiger partial charge in [-0.2, -0.15) is 23.7 Å². The van der Waals surface area contributed by atoms with Crippen LogP contribution in [-0.2, 0) is 17.5 Å². The minimum Gasteiger partial charge on any atom is -0.382 e. The molecule has 0 aliphatic rings. The number of nitrogens with zero attached hydrogens (tertiary/aromatic N) is 3. The van der Waals surface area contributed by atoms with Crippen LogP contribution >= 0.6 is 11.3 Å². The first-order chi connectivity index (χ1) is 13.3. The van der Waals surface area contributed by atoms with Crippen LogP contribution in [0.5, 0.6) is 0 Å². The molecule has 0 saturated heterocycles. The van der Waals surface area contributed by atoms with Crippen molar-refractivity contribution in [1.29, 1.82) is 10.5 Å². The van der Waals surface area contributed by atoms with E-state index in [0.29, 0.717) is 25.2 Å². The van der Waals surface area contributed by atoms with Crippen LogP contribution in [0.4, 0.5) is 13.2 Å². The van der Waals surface area contributed by atoms with Crippen LogP contribution in [-0.4, -0.2) is 17.8 Å². The highest BCUT2D eigenvalue weighted by Gasteiger charge is 2.29. The first-order valence-corrected chi connectivity index (χ1v) is 9.14. The molecule has 2 aromatic rings. The molecule has 0 unspecified atom stereocenters. The van der Waals surface area contributed by atoms with Crippen molar-refractivity contribution in [2.24, 2.45) is 0 Å². The third kappa shape index (κ3) is 5.10. The van der Waals surface area contributed by atoms with Gasteiger partial charge >= 0.3 is 6.18 Å². The Balaban J connectivity index is 2.53. The van der Waals surface area contributed by atoms with E-state index in [2.05, 4.69) is 0 Å². The molecular formula is C19H16F3N3O2S. The number of alkyl halides is 3. The van der Waals surface area contributed by atoms with Crippen LogP contribution in [0, 0.1) is 22.7 Å². The number of benzene rings is 1. The van der Waals surface area contributed by atoms with Crippen LogP contribution in [0.3, 0.4) is 0 Å². The van der Waals surface area contributed by atoms with E-state index in [1.165, 1.54) is 22.8 Å². The van der Waals surface area contributed by atoms with Crippen molar-refractivity contribution in [2.45, 2.75) is 26.1 Å². The molecular weight excluding hydrogens is 391 g/mol. The van der Waals surface area contributed by atoms with Gasteiger partial charge in [-0.25, -0.2) is 0 Å². The summed E-state index contributed by atoms with van der Waals surface area (Å²) in [7, 11) is 0. The molecule has 28 heavy (non-hydrogen) atoms. The fourth-order valence-electron chi connectivity index (χ4n) is 2.42. The minimum absolute atomic E-state index is 0.189. The second-order valence-electron chi connectivity index (χ2n) is 5.64. The number of halogens is 3. The Kier molecular flexibility index (Phi) is 7.16. The van der Waals surface area contributed by atoms with Crippen LogP contribution in [0.15, 0.2) is 29.1 Å². The van der Waals surface area contributed by atoms with Crippen LogP contribution < -0.4 is 14.8 Å². The summed E-state index contributed by atoms with van der Waals surface area (Å²) in [5, 5.41) is 18.3. The van der Waals surface area contributed by atoms with Gasteiger partial charge in [-0.15, -0.1) is 11.3 Å². The van der Waals surface area contributed by atoms with Crippen molar-refractivity contribution in [3.8, 4) is 12.1 Å². The molecule has 0 atom stereocenters. The summed E-state index contributed by atoms with van der Waals surface area (Å²) in [4.78, 5) is 12.7. The summed E-state index contributed by atoms with van der Waals surface area (Å²) in [5.41, 5.74) is -0.964. The molecule has 5 nitrogen and oxygen atoms in total. The first-order valence-electron chi connectivity index (χ1n) is 8.32. The summed E-state index contributed by atoms with van der Waals surface area (Å²) in [5.74, 6) is 0. The molecule has 0 spiro atoms. The molecule has 1 aromatic heterocycles. The molecule has 146 valence electrons. The SMILES string of the molecule is CCOCCCn1c(=C(C#N)C#N)s/c(=C/c2ccc(C(F)(F)F)cc2)c1=O. The lowest BCUT2D eigenvalue weighted by molar-refractivity contribution is -0.137. The van der Waals surface area contributed by atoms with Crippen LogP contribution in [0.2, 0.25) is 0 Å². The van der Waals surface area contributed by atoms with E-state index in [-0.39, 0.29) is 21.3 Å². The van der Waals surface area contributed by atoms with Gasteiger partial charge in [0.1, 0.15) is 16.8 Å². The predicted molar refractivity (Wildman–Crippen MR) is 98.6 cm³/mol. The Morgan fingerprint density at radius 3 is 2.43 bits per heavy atom. The number of nitriles is 2. The van der Waals surface area contributed by atoms with Crippen LogP contribution in [0.1, 0.15) is 24.5 Å². The summed E-state index contributed by atoms with van der Waals surface area (Å²) >= 11 is 0.962. The molecule has 9 heteroatoms. The van der Waals surface area contributed by atoms with E-state index in [0.717, 1.165) is 23.5 Å². The molecule has 1 aromatic carbocycles. The number of rotatable bonds is 6. The van der Waals surface area contributed by atoms with E-state index >= 15 is 0 Å². The molecule has 0 aliphatic carbocycles. The van der Waals surface area contributed by atoms with Gasteiger partial charge < -0.3 is 4.74 Å². The zero-order chi connectivity index (χ0) is 20.7. The van der Waals surface area contributed by atoms with Crippen molar-refractivity contribution in [3.63, 3.8) is 0 Å². The average molecular weight is 407 g/mol. The van der Waals surface area contributed by atoms with E-state index in [1.807, 2.05) is 6.92 Å². The second kappa shape index (κ2) is 9.36. The molecule has 0 N–H and O–H groups in total. The average Bonchev–Trinajstić information content (AvgIpc) is 2.95. The van der Waals surface area contributed by atoms with Crippen molar-refractivity contribution in [1.82, 2.24) is 4.57 Å². The molecule has 0 fully saturated rings. The first kappa shape index (κ1) is 21.4. The molecule has 0 amide bonds. The molecule has 0 aliphatic heterocycles. The summed E-state index contributed by atoms with van der Waals surface area (Å²) in [6, 6.07) is 7.94. The fourth-order valence-corrected chi connectivity index (χ4v) is 3.50. The van der Waals surface area contributed by atoms with Gasteiger partial charge in [-0.3, -0.25) is 9.36 Å². The highest BCUT2D eigenvalue weighted by Crippen LogP contribution is 2.29. The maximum atomic E-state index is 12.7. The molecule has 2 rings (SSSR count). The third-order valence-corrected chi connectivity index (χ3v) is 4.89. The second-order valence-corrected chi connectivity index (χ2v) is 6.67. The third-order valence-electron chi connectivity index (χ3n) is 3.76. The molecule has 0 radical (unpaired) electrons. The van der Waals surface area contributed by atoms with Gasteiger partial charge in [0.2, 0.25) is 0 Å². The summed E-state index contributed by atoms with van der Waals surface area (Å²) in [6.07, 6.45) is -2.48. The van der Waals surface area contributed by atoms with Gasteiger partial charge in [-0.1, -0.05) is 12.1 Å². The number of thiazole rings is 1. The largest absolute Gasteiger partial charge is 0.416 e. The quantitative estimate of drug-likeness (QED) is 0.689. The van der Waals surface area contributed by atoms with Gasteiger partial charge in [0.15, 0.2) is 5.57 Å². The fraction of sp³-hybridized carbons (Fsp3) is 0.316. The zero-order valence-corrected chi connectivity index (χ0v) is 15.7. The van der Waals surface area contributed by atoms with E-state index in [9.17, 15) is 18.0 Å². The smallest absolute Gasteiger partial charge is 0.382 e. The minimum atomic E-state index is -4.44.